The Morgan fingerprint density at radius 2 is 2.07 bits per heavy atom. The molecule has 0 heterocycles. The van der Waals surface area contributed by atoms with Crippen LogP contribution in [0.2, 0.25) is 0 Å². The number of carboxylic acid groups (broad SMARTS) is 1. The van der Waals surface area contributed by atoms with Crippen molar-refractivity contribution >= 4 is 5.97 Å². The standard InChI is InChI=1S/C10H12O5/c1-2-9(10(11)12)14-15-13-8-6-4-3-5-7-8/h3-7,9H,2H2,1H3,(H,11,12). The first-order valence-corrected chi connectivity index (χ1v) is 4.52. The molecule has 0 aliphatic rings. The molecule has 1 aromatic carbocycles. The highest BCUT2D eigenvalue weighted by Gasteiger charge is 2.17. The first-order valence-electron chi connectivity index (χ1n) is 4.52. The minimum atomic E-state index is -1.09. The molecule has 0 aromatic heterocycles. The first kappa shape index (κ1) is 11.5. The van der Waals surface area contributed by atoms with E-state index in [4.69, 9.17) is 9.99 Å². The summed E-state index contributed by atoms with van der Waals surface area (Å²) in [6.07, 6.45) is -0.721. The molecule has 1 atom stereocenters. The lowest BCUT2D eigenvalue weighted by atomic mass is 10.3. The van der Waals surface area contributed by atoms with Gasteiger partial charge >= 0.3 is 5.97 Å². The van der Waals surface area contributed by atoms with Crippen LogP contribution in [0, 0.1) is 0 Å². The molecule has 5 nitrogen and oxygen atoms in total. The molecule has 0 saturated heterocycles. The minimum Gasteiger partial charge on any atom is -0.479 e. The van der Waals surface area contributed by atoms with Crippen molar-refractivity contribution in [2.75, 3.05) is 0 Å². The van der Waals surface area contributed by atoms with Gasteiger partial charge in [0.15, 0.2) is 11.9 Å². The van der Waals surface area contributed by atoms with Crippen molar-refractivity contribution in [3.8, 4) is 5.75 Å². The topological polar surface area (TPSA) is 65.0 Å². The molecular weight excluding hydrogens is 200 g/mol. The lowest BCUT2D eigenvalue weighted by Crippen LogP contribution is -2.23. The predicted molar refractivity (Wildman–Crippen MR) is 51.0 cm³/mol. The highest BCUT2D eigenvalue weighted by Crippen LogP contribution is 2.09. The maximum absolute atomic E-state index is 10.5. The average Bonchev–Trinajstić information content (AvgIpc) is 2.25. The Kier molecular flexibility index (Phi) is 4.59. The maximum atomic E-state index is 10.5. The summed E-state index contributed by atoms with van der Waals surface area (Å²) in [6, 6.07) is 8.65. The summed E-state index contributed by atoms with van der Waals surface area (Å²) in [5, 5.41) is 13.0. The molecule has 0 radical (unpaired) electrons. The van der Waals surface area contributed by atoms with Gasteiger partial charge in [-0.15, -0.1) is 0 Å². The molecule has 5 heteroatoms. The fourth-order valence-corrected chi connectivity index (χ4v) is 0.866. The van der Waals surface area contributed by atoms with Crippen molar-refractivity contribution < 1.29 is 24.7 Å². The van der Waals surface area contributed by atoms with E-state index in [9.17, 15) is 4.79 Å². The van der Waals surface area contributed by atoms with Gasteiger partial charge in [-0.2, -0.15) is 4.89 Å². The lowest BCUT2D eigenvalue weighted by Gasteiger charge is -2.08. The van der Waals surface area contributed by atoms with E-state index in [0.29, 0.717) is 12.2 Å². The third-order valence-corrected chi connectivity index (χ3v) is 1.68. The van der Waals surface area contributed by atoms with E-state index >= 15 is 0 Å². The van der Waals surface area contributed by atoms with E-state index in [0.717, 1.165) is 0 Å². The van der Waals surface area contributed by atoms with Gasteiger partial charge in [0, 0.05) is 0 Å². The number of aliphatic carboxylic acids is 1. The number of benzene rings is 1. The summed E-state index contributed by atoms with van der Waals surface area (Å²) in [7, 11) is 0. The van der Waals surface area contributed by atoms with Crippen LogP contribution in [0.15, 0.2) is 30.3 Å². The van der Waals surface area contributed by atoms with E-state index in [1.165, 1.54) is 0 Å². The van der Waals surface area contributed by atoms with Crippen LogP contribution in [0.1, 0.15) is 13.3 Å². The van der Waals surface area contributed by atoms with Crippen LogP contribution in [0.5, 0.6) is 5.75 Å². The molecule has 0 fully saturated rings. The molecule has 1 unspecified atom stereocenters. The van der Waals surface area contributed by atoms with Gasteiger partial charge < -0.3 is 9.99 Å². The van der Waals surface area contributed by atoms with Crippen LogP contribution in [0.25, 0.3) is 0 Å². The monoisotopic (exact) mass is 212 g/mol. The SMILES string of the molecule is CCC(OOOc1ccccc1)C(=O)O. The zero-order valence-electron chi connectivity index (χ0n) is 8.25. The van der Waals surface area contributed by atoms with Crippen LogP contribution in [-0.4, -0.2) is 17.2 Å². The molecule has 1 aromatic rings. The quantitative estimate of drug-likeness (QED) is 0.575. The van der Waals surface area contributed by atoms with Crippen molar-refractivity contribution in [1.29, 1.82) is 0 Å². The smallest absolute Gasteiger partial charge is 0.336 e. The Balaban J connectivity index is 2.30. The predicted octanol–water partition coefficient (Wildman–Crippen LogP) is 1.79. The molecule has 0 saturated carbocycles. The van der Waals surface area contributed by atoms with Gasteiger partial charge in [-0.3, -0.25) is 0 Å². The van der Waals surface area contributed by atoms with Crippen molar-refractivity contribution in [2.24, 2.45) is 0 Å². The van der Waals surface area contributed by atoms with Crippen LogP contribution in [0.3, 0.4) is 0 Å². The summed E-state index contributed by atoms with van der Waals surface area (Å²) < 4.78 is 0. The number of hydrogen-bond acceptors (Lipinski definition) is 4. The van der Waals surface area contributed by atoms with E-state index in [-0.39, 0.29) is 0 Å². The van der Waals surface area contributed by atoms with Crippen molar-refractivity contribution in [3.63, 3.8) is 0 Å². The van der Waals surface area contributed by atoms with Gasteiger partial charge in [-0.1, -0.05) is 25.1 Å². The molecular formula is C10H12O5. The summed E-state index contributed by atoms with van der Waals surface area (Å²) >= 11 is 0. The second-order valence-electron chi connectivity index (χ2n) is 2.80. The molecule has 1 N–H and O–H groups in total. The number of rotatable bonds is 6. The Hall–Kier alpha value is -1.59. The maximum Gasteiger partial charge on any atom is 0.336 e. The zero-order valence-corrected chi connectivity index (χ0v) is 8.25. The molecule has 0 spiro atoms. The third kappa shape index (κ3) is 3.97. The number of hydrogen-bond donors (Lipinski definition) is 1. The van der Waals surface area contributed by atoms with Gasteiger partial charge in [-0.05, 0) is 23.6 Å². The fourth-order valence-electron chi connectivity index (χ4n) is 0.866. The van der Waals surface area contributed by atoms with E-state index in [1.54, 1.807) is 31.2 Å². The highest BCUT2D eigenvalue weighted by atomic mass is 17.5. The summed E-state index contributed by atoms with van der Waals surface area (Å²) in [5.41, 5.74) is 0. The first-order chi connectivity index (χ1) is 7.24. The van der Waals surface area contributed by atoms with Crippen LogP contribution >= 0.6 is 0 Å². The van der Waals surface area contributed by atoms with Gasteiger partial charge in [0.25, 0.3) is 0 Å². The molecule has 1 rings (SSSR count). The van der Waals surface area contributed by atoms with Crippen LogP contribution in [-0.2, 0) is 14.7 Å². The van der Waals surface area contributed by atoms with Gasteiger partial charge in [-0.25, -0.2) is 4.79 Å². The fraction of sp³-hybridized carbons (Fsp3) is 0.300. The molecule has 0 amide bonds. The second kappa shape index (κ2) is 6.00. The lowest BCUT2D eigenvalue weighted by molar-refractivity contribution is -0.477. The van der Waals surface area contributed by atoms with Gasteiger partial charge in [0.05, 0.1) is 0 Å². The van der Waals surface area contributed by atoms with Crippen molar-refractivity contribution in [2.45, 2.75) is 19.4 Å². The van der Waals surface area contributed by atoms with Gasteiger partial charge in [0.2, 0.25) is 0 Å². The summed E-state index contributed by atoms with van der Waals surface area (Å²) in [6.45, 7) is 1.67. The third-order valence-electron chi connectivity index (χ3n) is 1.68. The van der Waals surface area contributed by atoms with E-state index in [1.807, 2.05) is 6.07 Å². The Bertz CT molecular complexity index is 298. The zero-order chi connectivity index (χ0) is 11.1. The number of carbonyl (C=O) groups is 1. The van der Waals surface area contributed by atoms with Crippen LogP contribution < -0.4 is 4.89 Å². The molecule has 15 heavy (non-hydrogen) atoms. The van der Waals surface area contributed by atoms with Gasteiger partial charge in [0.1, 0.15) is 0 Å². The number of para-hydroxylation sites is 1. The van der Waals surface area contributed by atoms with Crippen molar-refractivity contribution in [1.82, 2.24) is 0 Å². The highest BCUT2D eigenvalue weighted by molar-refractivity contribution is 5.71. The minimum absolute atomic E-state index is 0.299. The average molecular weight is 212 g/mol. The summed E-state index contributed by atoms with van der Waals surface area (Å²) in [5.74, 6) is -0.646. The van der Waals surface area contributed by atoms with Crippen LogP contribution in [0.4, 0.5) is 0 Å². The number of carboxylic acids is 1. The molecule has 0 bridgehead atoms. The molecule has 82 valence electrons. The Labute approximate surface area is 87.0 Å². The molecule has 0 aliphatic carbocycles. The van der Waals surface area contributed by atoms with E-state index in [2.05, 4.69) is 9.93 Å². The van der Waals surface area contributed by atoms with E-state index < -0.39 is 12.1 Å². The normalized spacial score (nSPS) is 12.1. The Morgan fingerprint density at radius 3 is 2.60 bits per heavy atom. The summed E-state index contributed by atoms with van der Waals surface area (Å²) in [4.78, 5) is 19.8. The molecule has 0 aliphatic heterocycles. The Morgan fingerprint density at radius 1 is 1.40 bits per heavy atom. The second-order valence-corrected chi connectivity index (χ2v) is 2.80. The van der Waals surface area contributed by atoms with Crippen molar-refractivity contribution in [3.05, 3.63) is 30.3 Å². The largest absolute Gasteiger partial charge is 0.479 e.